The molecule has 1 aliphatic heterocycles. The summed E-state index contributed by atoms with van der Waals surface area (Å²) in [6.07, 6.45) is 11.2. The Hall–Kier alpha value is -3.00. The summed E-state index contributed by atoms with van der Waals surface area (Å²) in [6.45, 7) is 14.6. The zero-order valence-electron chi connectivity index (χ0n) is 24.5. The van der Waals surface area contributed by atoms with Crippen molar-refractivity contribution in [3.05, 3.63) is 102 Å². The molecule has 0 saturated carbocycles. The molecule has 0 N–H and O–H groups in total. The summed E-state index contributed by atoms with van der Waals surface area (Å²) in [6, 6.07) is 27.1. The first-order valence-electron chi connectivity index (χ1n) is 14.5. The molecule has 0 amide bonds. The molecule has 1 aliphatic rings. The van der Waals surface area contributed by atoms with Gasteiger partial charge in [0.25, 0.3) is 0 Å². The number of nitrogens with zero attached hydrogens (tertiary/aromatic N) is 1. The van der Waals surface area contributed by atoms with Crippen LogP contribution in [0.1, 0.15) is 89.8 Å². The third-order valence-electron chi connectivity index (χ3n) is 8.16. The first kappa shape index (κ1) is 28.0. The smallest absolute Gasteiger partial charge is 0.119 e. The molecule has 0 unspecified atom stereocenters. The second kappa shape index (κ2) is 12.2. The first-order chi connectivity index (χ1) is 18.2. The van der Waals surface area contributed by atoms with Gasteiger partial charge in [-0.05, 0) is 119 Å². The molecule has 0 bridgehead atoms. The molecular formula is C36H47NO. The Morgan fingerprint density at radius 3 is 1.76 bits per heavy atom. The van der Waals surface area contributed by atoms with Crippen LogP contribution in [0.3, 0.4) is 0 Å². The van der Waals surface area contributed by atoms with Crippen molar-refractivity contribution in [1.82, 2.24) is 4.90 Å². The summed E-state index contributed by atoms with van der Waals surface area (Å²) in [5, 5.41) is 0. The van der Waals surface area contributed by atoms with Crippen molar-refractivity contribution in [2.75, 3.05) is 6.61 Å². The normalized spacial score (nSPS) is 17.2. The summed E-state index contributed by atoms with van der Waals surface area (Å²) in [7, 11) is 0. The molecule has 0 atom stereocenters. The molecule has 1 saturated heterocycles. The van der Waals surface area contributed by atoms with Crippen molar-refractivity contribution >= 4 is 0 Å². The highest BCUT2D eigenvalue weighted by Crippen LogP contribution is 2.46. The van der Waals surface area contributed by atoms with E-state index in [0.29, 0.717) is 5.92 Å². The van der Waals surface area contributed by atoms with Crippen LogP contribution >= 0.6 is 0 Å². The van der Waals surface area contributed by atoms with Crippen molar-refractivity contribution in [3.8, 4) is 16.9 Å². The third-order valence-corrected chi connectivity index (χ3v) is 8.16. The van der Waals surface area contributed by atoms with E-state index >= 15 is 0 Å². The molecule has 2 nitrogen and oxygen atoms in total. The van der Waals surface area contributed by atoms with Gasteiger partial charge in [-0.2, -0.15) is 0 Å². The fraction of sp³-hybridized carbons (Fsp3) is 0.444. The lowest BCUT2D eigenvalue weighted by Crippen LogP contribution is -2.57. The average molecular weight is 510 g/mol. The Labute approximate surface area is 231 Å². The van der Waals surface area contributed by atoms with Gasteiger partial charge in [-0.25, -0.2) is 0 Å². The Kier molecular flexibility index (Phi) is 9.03. The number of ether oxygens (including phenoxy) is 1. The van der Waals surface area contributed by atoms with Crippen molar-refractivity contribution in [3.63, 3.8) is 0 Å². The molecule has 3 aromatic carbocycles. The van der Waals surface area contributed by atoms with E-state index in [-0.39, 0.29) is 11.1 Å². The predicted octanol–water partition coefficient (Wildman–Crippen LogP) is 9.59. The van der Waals surface area contributed by atoms with E-state index in [1.807, 2.05) is 0 Å². The summed E-state index contributed by atoms with van der Waals surface area (Å²) in [5.74, 6) is 1.55. The van der Waals surface area contributed by atoms with Crippen molar-refractivity contribution in [2.45, 2.75) is 97.1 Å². The van der Waals surface area contributed by atoms with E-state index in [1.165, 1.54) is 40.7 Å². The van der Waals surface area contributed by atoms with E-state index in [2.05, 4.69) is 132 Å². The number of hydrogen-bond acceptors (Lipinski definition) is 2. The Morgan fingerprint density at radius 2 is 1.26 bits per heavy atom. The van der Waals surface area contributed by atoms with Gasteiger partial charge in [0, 0.05) is 11.1 Å². The maximum Gasteiger partial charge on any atom is 0.119 e. The van der Waals surface area contributed by atoms with Crippen LogP contribution in [-0.4, -0.2) is 22.6 Å². The van der Waals surface area contributed by atoms with Gasteiger partial charge in [-0.1, -0.05) is 80.1 Å². The van der Waals surface area contributed by atoms with Gasteiger partial charge >= 0.3 is 0 Å². The number of piperidine rings is 1. The van der Waals surface area contributed by atoms with Gasteiger partial charge in [0.05, 0.1) is 6.61 Å². The first-order valence-corrected chi connectivity index (χ1v) is 14.5. The number of aryl methyl sites for hydroxylation is 2. The minimum Gasteiger partial charge on any atom is -0.494 e. The number of hydrogen-bond donors (Lipinski definition) is 0. The van der Waals surface area contributed by atoms with Crippen LogP contribution < -0.4 is 4.74 Å². The number of allylic oxidation sites excluding steroid dienone is 1. The van der Waals surface area contributed by atoms with E-state index in [0.717, 1.165) is 38.0 Å². The topological polar surface area (TPSA) is 12.5 Å². The second-order valence-corrected chi connectivity index (χ2v) is 12.2. The maximum absolute atomic E-state index is 5.79. The highest BCUT2D eigenvalue weighted by atomic mass is 16.5. The maximum atomic E-state index is 5.79. The van der Waals surface area contributed by atoms with Crippen molar-refractivity contribution in [1.29, 1.82) is 0 Å². The van der Waals surface area contributed by atoms with Gasteiger partial charge in [-0.3, -0.25) is 0 Å². The molecule has 0 aromatic heterocycles. The lowest BCUT2D eigenvalue weighted by Gasteiger charge is -2.55. The van der Waals surface area contributed by atoms with E-state index in [9.17, 15) is 0 Å². The lowest BCUT2D eigenvalue weighted by atomic mass is 9.71. The number of likely N-dealkylation sites (tertiary alicyclic amines) is 1. The number of benzene rings is 3. The summed E-state index contributed by atoms with van der Waals surface area (Å²) in [5.41, 5.74) is 7.06. The average Bonchev–Trinajstić information content (AvgIpc) is 2.90. The summed E-state index contributed by atoms with van der Waals surface area (Å²) >= 11 is 0. The molecule has 0 radical (unpaired) electrons. The van der Waals surface area contributed by atoms with Crippen LogP contribution in [-0.2, 0) is 12.8 Å². The van der Waals surface area contributed by atoms with Gasteiger partial charge in [0.2, 0.25) is 0 Å². The Morgan fingerprint density at radius 1 is 0.763 bits per heavy atom. The zero-order valence-corrected chi connectivity index (χ0v) is 24.5. The number of unbranched alkanes of at least 4 members (excludes halogenated alkanes) is 1. The van der Waals surface area contributed by atoms with Gasteiger partial charge in [0.15, 0.2) is 0 Å². The van der Waals surface area contributed by atoms with Crippen LogP contribution in [0.4, 0.5) is 0 Å². The quantitative estimate of drug-likeness (QED) is 0.252. The third kappa shape index (κ3) is 6.90. The standard InChI is InChI=1S/C36H47NO/c1-7-9-25-38-34-22-14-29(15-23-34)11-10-28-12-16-30(17-13-28)31-18-20-32(21-19-31)33-26-35(3,4)37(24-8-2)36(5,6)27-33/h8,12-24,33H,7,9-11,25-27H2,1-6H3/b24-8+. The second-order valence-electron chi connectivity index (χ2n) is 12.2. The van der Waals surface area contributed by atoms with Gasteiger partial charge in [-0.15, -0.1) is 0 Å². The minimum atomic E-state index is 0.137. The largest absolute Gasteiger partial charge is 0.494 e. The van der Waals surface area contributed by atoms with Gasteiger partial charge < -0.3 is 9.64 Å². The van der Waals surface area contributed by atoms with Crippen LogP contribution in [0.25, 0.3) is 11.1 Å². The van der Waals surface area contributed by atoms with Crippen LogP contribution in [0.15, 0.2) is 85.1 Å². The lowest BCUT2D eigenvalue weighted by molar-refractivity contribution is 0.00727. The number of rotatable bonds is 10. The molecule has 202 valence electrons. The summed E-state index contributed by atoms with van der Waals surface area (Å²) < 4.78 is 5.79. The molecular weight excluding hydrogens is 462 g/mol. The highest BCUT2D eigenvalue weighted by molar-refractivity contribution is 5.64. The molecule has 4 rings (SSSR count). The van der Waals surface area contributed by atoms with Crippen LogP contribution in [0.2, 0.25) is 0 Å². The van der Waals surface area contributed by atoms with Crippen LogP contribution in [0.5, 0.6) is 5.75 Å². The Balaban J connectivity index is 1.35. The summed E-state index contributed by atoms with van der Waals surface area (Å²) in [4.78, 5) is 2.56. The predicted molar refractivity (Wildman–Crippen MR) is 163 cm³/mol. The molecule has 0 spiro atoms. The van der Waals surface area contributed by atoms with E-state index in [1.54, 1.807) is 0 Å². The molecule has 38 heavy (non-hydrogen) atoms. The zero-order chi connectivity index (χ0) is 27.2. The van der Waals surface area contributed by atoms with Crippen LogP contribution in [0, 0.1) is 0 Å². The monoisotopic (exact) mass is 509 g/mol. The van der Waals surface area contributed by atoms with E-state index in [4.69, 9.17) is 4.74 Å². The van der Waals surface area contributed by atoms with E-state index < -0.39 is 0 Å². The SMILES string of the molecule is C/C=C/N1C(C)(C)CC(c2ccc(-c3ccc(CCc4ccc(OCCCC)cc4)cc3)cc2)CC1(C)C. The van der Waals surface area contributed by atoms with Crippen molar-refractivity contribution < 1.29 is 4.74 Å². The molecule has 0 aliphatic carbocycles. The minimum absolute atomic E-state index is 0.137. The molecule has 1 heterocycles. The van der Waals surface area contributed by atoms with Crippen molar-refractivity contribution in [2.24, 2.45) is 0 Å². The highest BCUT2D eigenvalue weighted by Gasteiger charge is 2.43. The fourth-order valence-electron chi connectivity index (χ4n) is 6.27. The molecule has 1 fully saturated rings. The fourth-order valence-corrected chi connectivity index (χ4v) is 6.27. The molecule has 3 aromatic rings. The Bertz CT molecular complexity index is 1150. The van der Waals surface area contributed by atoms with Gasteiger partial charge in [0.1, 0.15) is 5.75 Å². The molecule has 2 heteroatoms.